The van der Waals surface area contributed by atoms with Gasteiger partial charge >= 0.3 is 11.9 Å². The van der Waals surface area contributed by atoms with Crippen LogP contribution in [0.2, 0.25) is 0 Å². The lowest BCUT2D eigenvalue weighted by Crippen LogP contribution is -2.40. The number of carbonyl (C=O) groups excluding carboxylic acids is 2. The summed E-state index contributed by atoms with van der Waals surface area (Å²) in [7, 11) is 1.55. The van der Waals surface area contributed by atoms with E-state index in [0.717, 1.165) is 4.47 Å². The van der Waals surface area contributed by atoms with E-state index in [0.29, 0.717) is 41.9 Å². The van der Waals surface area contributed by atoms with Crippen LogP contribution in [0.5, 0.6) is 11.5 Å². The van der Waals surface area contributed by atoms with Gasteiger partial charge in [-0.25, -0.2) is 9.79 Å². The second kappa shape index (κ2) is 12.6. The molecular formula is C31H24Br2N2O6S. The zero-order valence-electron chi connectivity index (χ0n) is 22.7. The molecule has 11 heteroatoms. The molecule has 0 fully saturated rings. The maximum Gasteiger partial charge on any atom is 0.338 e. The largest absolute Gasteiger partial charge is 0.497 e. The number of carbonyl (C=O) groups is 2. The number of hydrogen-bond donors (Lipinski definition) is 0. The predicted octanol–water partition coefficient (Wildman–Crippen LogP) is 5.39. The van der Waals surface area contributed by atoms with Gasteiger partial charge in [-0.15, -0.1) is 0 Å². The van der Waals surface area contributed by atoms with Crippen molar-refractivity contribution < 1.29 is 23.8 Å². The van der Waals surface area contributed by atoms with E-state index in [1.54, 1.807) is 50.4 Å². The van der Waals surface area contributed by atoms with E-state index < -0.39 is 18.0 Å². The monoisotopic (exact) mass is 710 g/mol. The minimum absolute atomic E-state index is 0.149. The van der Waals surface area contributed by atoms with Crippen LogP contribution < -0.4 is 24.4 Å². The quantitative estimate of drug-likeness (QED) is 0.188. The van der Waals surface area contributed by atoms with Crippen LogP contribution in [0.4, 0.5) is 0 Å². The maximum absolute atomic E-state index is 14.2. The lowest BCUT2D eigenvalue weighted by atomic mass is 9.93. The van der Waals surface area contributed by atoms with Crippen molar-refractivity contribution in [2.45, 2.75) is 19.9 Å². The molecule has 3 aromatic carbocycles. The maximum atomic E-state index is 14.2. The summed E-state index contributed by atoms with van der Waals surface area (Å²) in [6.45, 7) is 3.19. The average Bonchev–Trinajstić information content (AvgIpc) is 3.28. The fourth-order valence-electron chi connectivity index (χ4n) is 4.65. The van der Waals surface area contributed by atoms with Gasteiger partial charge in [-0.05, 0) is 58.8 Å². The minimum Gasteiger partial charge on any atom is -0.497 e. The molecule has 0 amide bonds. The van der Waals surface area contributed by atoms with Crippen molar-refractivity contribution in [3.8, 4) is 11.5 Å². The molecule has 0 aliphatic carbocycles. The van der Waals surface area contributed by atoms with Crippen LogP contribution in [0.25, 0.3) is 11.8 Å². The Hall–Kier alpha value is -3.80. The molecule has 1 atom stereocenters. The van der Waals surface area contributed by atoms with Crippen LogP contribution >= 0.6 is 43.2 Å². The van der Waals surface area contributed by atoms with Crippen molar-refractivity contribution in [1.82, 2.24) is 4.57 Å². The van der Waals surface area contributed by atoms with Gasteiger partial charge in [-0.3, -0.25) is 14.2 Å². The topological polar surface area (TPSA) is 96.2 Å². The first-order valence-electron chi connectivity index (χ1n) is 12.8. The molecule has 5 rings (SSSR count). The molecule has 0 saturated heterocycles. The van der Waals surface area contributed by atoms with Gasteiger partial charge in [0.15, 0.2) is 10.6 Å². The van der Waals surface area contributed by atoms with Gasteiger partial charge in [0.2, 0.25) is 0 Å². The van der Waals surface area contributed by atoms with Crippen LogP contribution in [0.3, 0.4) is 0 Å². The number of thiazole rings is 1. The van der Waals surface area contributed by atoms with Crippen molar-refractivity contribution in [2.75, 3.05) is 13.7 Å². The summed E-state index contributed by atoms with van der Waals surface area (Å²) in [6.07, 6.45) is 1.65. The Bertz CT molecular complexity index is 1910. The van der Waals surface area contributed by atoms with E-state index in [1.807, 2.05) is 36.4 Å². The summed E-state index contributed by atoms with van der Waals surface area (Å²) < 4.78 is 19.5. The summed E-state index contributed by atoms with van der Waals surface area (Å²) in [5.41, 5.74) is 2.15. The zero-order valence-corrected chi connectivity index (χ0v) is 26.7. The fraction of sp³-hybridized carbons (Fsp3) is 0.161. The molecule has 2 heterocycles. The lowest BCUT2D eigenvalue weighted by molar-refractivity contribution is -0.139. The van der Waals surface area contributed by atoms with Crippen LogP contribution in [0.1, 0.15) is 36.6 Å². The summed E-state index contributed by atoms with van der Waals surface area (Å²) >= 11 is 8.08. The number of esters is 2. The normalized spacial score (nSPS) is 14.7. The molecule has 42 heavy (non-hydrogen) atoms. The Labute approximate surface area is 261 Å². The molecular weight excluding hydrogens is 688 g/mol. The highest BCUT2D eigenvalue weighted by Gasteiger charge is 2.35. The first-order chi connectivity index (χ1) is 20.2. The van der Waals surface area contributed by atoms with Crippen molar-refractivity contribution in [2.24, 2.45) is 4.99 Å². The molecule has 4 aromatic rings. The lowest BCUT2D eigenvalue weighted by Gasteiger charge is -2.26. The molecule has 0 radical (unpaired) electrons. The molecule has 1 aliphatic heterocycles. The Morgan fingerprint density at radius 1 is 1.07 bits per heavy atom. The van der Waals surface area contributed by atoms with Gasteiger partial charge in [0.1, 0.15) is 5.75 Å². The SMILES string of the molecule is CCOC(=O)C1=C(c2ccccc2)N=c2s/c(=C\c3cc(Br)cc(Br)c3OC(C)=O)c(=O)n2[C@@H]1c1cccc(OC)c1. The molecule has 0 saturated carbocycles. The molecule has 0 unspecified atom stereocenters. The van der Waals surface area contributed by atoms with Gasteiger partial charge in [0.05, 0.1) is 40.0 Å². The summed E-state index contributed by atoms with van der Waals surface area (Å²) in [6, 6.07) is 19.2. The second-order valence-corrected chi connectivity index (χ2v) is 11.9. The highest BCUT2D eigenvalue weighted by atomic mass is 79.9. The average molecular weight is 712 g/mol. The van der Waals surface area contributed by atoms with Crippen LogP contribution in [0.15, 0.2) is 91.0 Å². The number of ether oxygens (including phenoxy) is 3. The Balaban J connectivity index is 1.85. The van der Waals surface area contributed by atoms with Crippen molar-refractivity contribution in [1.29, 1.82) is 0 Å². The summed E-state index contributed by atoms with van der Waals surface area (Å²) in [4.78, 5) is 44.9. The van der Waals surface area contributed by atoms with Gasteiger partial charge in [-0.2, -0.15) is 0 Å². The number of halogens is 2. The van der Waals surface area contributed by atoms with Crippen molar-refractivity contribution in [3.05, 3.63) is 118 Å². The third-order valence-corrected chi connectivity index (χ3v) is 8.38. The molecule has 8 nitrogen and oxygen atoms in total. The third-order valence-electron chi connectivity index (χ3n) is 6.35. The van der Waals surface area contributed by atoms with Gasteiger partial charge in [0, 0.05) is 22.5 Å². The number of nitrogens with zero attached hydrogens (tertiary/aromatic N) is 2. The first-order valence-corrected chi connectivity index (χ1v) is 15.2. The number of aromatic nitrogens is 1. The number of rotatable bonds is 7. The van der Waals surface area contributed by atoms with E-state index in [1.165, 1.54) is 22.8 Å². The summed E-state index contributed by atoms with van der Waals surface area (Å²) in [5, 5.41) is 0. The van der Waals surface area contributed by atoms with Crippen LogP contribution in [-0.2, 0) is 14.3 Å². The Kier molecular flexibility index (Phi) is 8.91. The fourth-order valence-corrected chi connectivity index (χ4v) is 6.98. The minimum atomic E-state index is -0.852. The Morgan fingerprint density at radius 3 is 2.52 bits per heavy atom. The van der Waals surface area contributed by atoms with Gasteiger partial charge in [-0.1, -0.05) is 69.7 Å². The van der Waals surface area contributed by atoms with Crippen LogP contribution in [-0.4, -0.2) is 30.2 Å². The number of fused-ring (bicyclic) bond motifs is 1. The first kappa shape index (κ1) is 29.7. The highest BCUT2D eigenvalue weighted by molar-refractivity contribution is 9.11. The molecule has 0 bridgehead atoms. The predicted molar refractivity (Wildman–Crippen MR) is 167 cm³/mol. The van der Waals surface area contributed by atoms with Crippen molar-refractivity contribution in [3.63, 3.8) is 0 Å². The third kappa shape index (κ3) is 5.90. The van der Waals surface area contributed by atoms with Gasteiger partial charge < -0.3 is 14.2 Å². The van der Waals surface area contributed by atoms with E-state index in [-0.39, 0.29) is 23.5 Å². The number of hydrogen-bond acceptors (Lipinski definition) is 8. The molecule has 1 aromatic heterocycles. The van der Waals surface area contributed by atoms with E-state index in [4.69, 9.17) is 19.2 Å². The van der Waals surface area contributed by atoms with E-state index >= 15 is 0 Å². The highest BCUT2D eigenvalue weighted by Crippen LogP contribution is 2.37. The number of benzene rings is 3. The van der Waals surface area contributed by atoms with E-state index in [2.05, 4.69) is 31.9 Å². The van der Waals surface area contributed by atoms with Gasteiger partial charge in [0.25, 0.3) is 5.56 Å². The Morgan fingerprint density at radius 2 is 1.83 bits per heavy atom. The molecule has 214 valence electrons. The molecule has 1 aliphatic rings. The summed E-state index contributed by atoms with van der Waals surface area (Å²) in [5.74, 6) is -0.229. The van der Waals surface area contributed by atoms with E-state index in [9.17, 15) is 14.4 Å². The van der Waals surface area contributed by atoms with Crippen LogP contribution in [0, 0.1) is 0 Å². The number of methoxy groups -OCH3 is 1. The standard InChI is InChI=1S/C31H24Br2N2O6S/c1-4-40-30(38)25-26(18-9-6-5-7-10-18)34-31-35(27(25)19-11-8-12-22(14-19)39-3)29(37)24(42-31)15-20-13-21(32)16-23(33)28(20)41-17(2)36/h5-16,27H,4H2,1-3H3/b24-15-/t27-/m1/s1. The smallest absolute Gasteiger partial charge is 0.338 e. The molecule has 0 spiro atoms. The zero-order chi connectivity index (χ0) is 30.0. The second-order valence-electron chi connectivity index (χ2n) is 9.11. The van der Waals surface area contributed by atoms with Crippen molar-refractivity contribution >= 4 is 66.9 Å². The molecule has 0 N–H and O–H groups in total.